The van der Waals surface area contributed by atoms with Crippen molar-refractivity contribution in [2.24, 2.45) is 5.84 Å². The van der Waals surface area contributed by atoms with Crippen molar-refractivity contribution in [3.05, 3.63) is 69.5 Å². The molecule has 0 heterocycles. The van der Waals surface area contributed by atoms with E-state index in [4.69, 9.17) is 17.4 Å². The van der Waals surface area contributed by atoms with Gasteiger partial charge in [0.2, 0.25) is 0 Å². The molecule has 0 bridgehead atoms. The molecule has 4 heteroatoms. The lowest BCUT2D eigenvalue weighted by atomic mass is 9.97. The number of rotatable bonds is 5. The van der Waals surface area contributed by atoms with E-state index in [1.807, 2.05) is 0 Å². The minimum absolute atomic E-state index is 0.0260. The molecule has 112 valence electrons. The van der Waals surface area contributed by atoms with Gasteiger partial charge in [-0.25, -0.2) is 4.39 Å². The maximum atomic E-state index is 13.9. The van der Waals surface area contributed by atoms with Crippen LogP contribution in [0.3, 0.4) is 0 Å². The molecule has 21 heavy (non-hydrogen) atoms. The van der Waals surface area contributed by atoms with Crippen molar-refractivity contribution in [2.75, 3.05) is 0 Å². The van der Waals surface area contributed by atoms with Gasteiger partial charge in [0.25, 0.3) is 0 Å². The van der Waals surface area contributed by atoms with E-state index in [-0.39, 0.29) is 11.9 Å². The van der Waals surface area contributed by atoms with E-state index in [0.717, 1.165) is 6.42 Å². The summed E-state index contributed by atoms with van der Waals surface area (Å²) in [4.78, 5) is 0. The Labute approximate surface area is 130 Å². The normalized spacial score (nSPS) is 12.4. The Kier molecular flexibility index (Phi) is 5.34. The van der Waals surface area contributed by atoms with E-state index < -0.39 is 0 Å². The summed E-state index contributed by atoms with van der Waals surface area (Å²) >= 11 is 5.77. The Morgan fingerprint density at radius 2 is 1.76 bits per heavy atom. The number of aryl methyl sites for hydroxylation is 2. The van der Waals surface area contributed by atoms with Crippen LogP contribution in [0.5, 0.6) is 0 Å². The molecular weight excluding hydrogens is 287 g/mol. The van der Waals surface area contributed by atoms with E-state index in [1.165, 1.54) is 22.8 Å². The Bertz CT molecular complexity index is 608. The van der Waals surface area contributed by atoms with Crippen LogP contribution in [-0.4, -0.2) is 6.04 Å². The molecule has 0 fully saturated rings. The zero-order valence-corrected chi connectivity index (χ0v) is 13.0. The van der Waals surface area contributed by atoms with Crippen molar-refractivity contribution in [1.29, 1.82) is 0 Å². The van der Waals surface area contributed by atoms with Crippen molar-refractivity contribution in [2.45, 2.75) is 32.7 Å². The average molecular weight is 307 g/mol. The third-order valence-corrected chi connectivity index (χ3v) is 3.72. The van der Waals surface area contributed by atoms with Gasteiger partial charge in [-0.2, -0.15) is 0 Å². The molecule has 0 radical (unpaired) electrons. The molecular formula is C17H20ClFN2. The first-order valence-corrected chi connectivity index (χ1v) is 7.33. The topological polar surface area (TPSA) is 38.0 Å². The van der Waals surface area contributed by atoms with Gasteiger partial charge < -0.3 is 0 Å². The quantitative estimate of drug-likeness (QED) is 0.653. The minimum atomic E-state index is -0.289. The lowest BCUT2D eigenvalue weighted by Gasteiger charge is -2.17. The van der Waals surface area contributed by atoms with E-state index in [2.05, 4.69) is 37.5 Å². The van der Waals surface area contributed by atoms with Crippen molar-refractivity contribution in [3.8, 4) is 0 Å². The fourth-order valence-corrected chi connectivity index (χ4v) is 2.77. The molecule has 1 atom stereocenters. The molecule has 2 aromatic rings. The third-order valence-electron chi connectivity index (χ3n) is 3.48. The van der Waals surface area contributed by atoms with Gasteiger partial charge in [0.15, 0.2) is 0 Å². The smallest absolute Gasteiger partial charge is 0.127 e. The second-order valence-electron chi connectivity index (χ2n) is 5.50. The van der Waals surface area contributed by atoms with Gasteiger partial charge in [-0.15, -0.1) is 0 Å². The molecule has 0 saturated heterocycles. The minimum Gasteiger partial charge on any atom is -0.271 e. The Morgan fingerprint density at radius 3 is 2.33 bits per heavy atom. The van der Waals surface area contributed by atoms with Crippen LogP contribution >= 0.6 is 11.6 Å². The Hall–Kier alpha value is -1.42. The summed E-state index contributed by atoms with van der Waals surface area (Å²) in [6, 6.07) is 11.1. The van der Waals surface area contributed by atoms with Gasteiger partial charge in [0.1, 0.15) is 5.82 Å². The largest absolute Gasteiger partial charge is 0.271 e. The molecule has 0 aliphatic rings. The maximum absolute atomic E-state index is 13.9. The zero-order chi connectivity index (χ0) is 15.4. The number of benzene rings is 2. The van der Waals surface area contributed by atoms with Crippen LogP contribution in [0.25, 0.3) is 0 Å². The molecule has 0 saturated carbocycles. The molecule has 0 amide bonds. The van der Waals surface area contributed by atoms with Crippen molar-refractivity contribution in [3.63, 3.8) is 0 Å². The molecule has 0 aliphatic carbocycles. The molecule has 0 aliphatic heterocycles. The van der Waals surface area contributed by atoms with Gasteiger partial charge in [-0.3, -0.25) is 11.3 Å². The predicted octanol–water partition coefficient (Wildman–Crippen LogP) is 3.71. The monoisotopic (exact) mass is 306 g/mol. The summed E-state index contributed by atoms with van der Waals surface area (Å²) < 4.78 is 13.9. The summed E-state index contributed by atoms with van der Waals surface area (Å²) in [5.74, 6) is 5.34. The molecule has 1 unspecified atom stereocenters. The molecule has 3 N–H and O–H groups in total. The number of hydrogen-bond donors (Lipinski definition) is 2. The number of nitrogens with two attached hydrogens (primary N) is 1. The highest BCUT2D eigenvalue weighted by Crippen LogP contribution is 2.18. The Morgan fingerprint density at radius 1 is 1.10 bits per heavy atom. The van der Waals surface area contributed by atoms with Gasteiger partial charge in [0, 0.05) is 11.1 Å². The van der Waals surface area contributed by atoms with E-state index in [0.29, 0.717) is 17.0 Å². The maximum Gasteiger partial charge on any atom is 0.127 e. The van der Waals surface area contributed by atoms with E-state index in [9.17, 15) is 4.39 Å². The SMILES string of the molecule is Cc1cc(C)cc(CC(Cc2ccc(Cl)cc2F)NN)c1. The number of halogens is 2. The summed E-state index contributed by atoms with van der Waals surface area (Å²) in [5.41, 5.74) is 7.04. The highest BCUT2D eigenvalue weighted by molar-refractivity contribution is 6.30. The van der Waals surface area contributed by atoms with Gasteiger partial charge >= 0.3 is 0 Å². The van der Waals surface area contributed by atoms with E-state index >= 15 is 0 Å². The lowest BCUT2D eigenvalue weighted by molar-refractivity contribution is 0.506. The molecule has 2 nitrogen and oxygen atoms in total. The highest BCUT2D eigenvalue weighted by Gasteiger charge is 2.12. The summed E-state index contributed by atoms with van der Waals surface area (Å²) in [5, 5.41) is 0.405. The van der Waals surface area contributed by atoms with Gasteiger partial charge in [0.05, 0.1) is 0 Å². The first kappa shape index (κ1) is 16.0. The van der Waals surface area contributed by atoms with Crippen molar-refractivity contribution < 1.29 is 4.39 Å². The molecule has 2 aromatic carbocycles. The molecule has 0 aromatic heterocycles. The molecule has 0 spiro atoms. The van der Waals surface area contributed by atoms with Crippen LogP contribution in [0, 0.1) is 19.7 Å². The summed E-state index contributed by atoms with van der Waals surface area (Å²) in [6.45, 7) is 4.14. The first-order valence-electron chi connectivity index (χ1n) is 6.95. The summed E-state index contributed by atoms with van der Waals surface area (Å²) in [7, 11) is 0. The van der Waals surface area contributed by atoms with Gasteiger partial charge in [-0.05, 0) is 49.9 Å². The highest BCUT2D eigenvalue weighted by atomic mass is 35.5. The standard InChI is InChI=1S/C17H20ClFN2/c1-11-5-12(2)7-13(6-11)8-16(21-20)9-14-3-4-15(18)10-17(14)19/h3-7,10,16,21H,8-9,20H2,1-2H3. The van der Waals surface area contributed by atoms with Crippen molar-refractivity contribution >= 4 is 11.6 Å². The predicted molar refractivity (Wildman–Crippen MR) is 85.8 cm³/mol. The number of hydrazine groups is 1. The number of hydrogen-bond acceptors (Lipinski definition) is 2. The Balaban J connectivity index is 2.12. The second-order valence-corrected chi connectivity index (χ2v) is 5.94. The third kappa shape index (κ3) is 4.53. The second kappa shape index (κ2) is 7.03. The molecule has 2 rings (SSSR count). The van der Waals surface area contributed by atoms with Crippen LogP contribution in [-0.2, 0) is 12.8 Å². The van der Waals surface area contributed by atoms with Crippen LogP contribution in [0.1, 0.15) is 22.3 Å². The van der Waals surface area contributed by atoms with Crippen molar-refractivity contribution in [1.82, 2.24) is 5.43 Å². The van der Waals surface area contributed by atoms with Crippen LogP contribution in [0.15, 0.2) is 36.4 Å². The van der Waals surface area contributed by atoms with Gasteiger partial charge in [-0.1, -0.05) is 47.0 Å². The summed E-state index contributed by atoms with van der Waals surface area (Å²) in [6.07, 6.45) is 1.27. The van der Waals surface area contributed by atoms with Crippen LogP contribution in [0.4, 0.5) is 4.39 Å². The first-order chi connectivity index (χ1) is 9.97. The van der Waals surface area contributed by atoms with Crippen LogP contribution < -0.4 is 11.3 Å². The van der Waals surface area contributed by atoms with Crippen LogP contribution in [0.2, 0.25) is 5.02 Å². The van der Waals surface area contributed by atoms with E-state index in [1.54, 1.807) is 12.1 Å². The lowest BCUT2D eigenvalue weighted by Crippen LogP contribution is -2.38. The fraction of sp³-hybridized carbons (Fsp3) is 0.294. The number of nitrogens with one attached hydrogen (secondary N) is 1. The zero-order valence-electron chi connectivity index (χ0n) is 12.3. The fourth-order valence-electron chi connectivity index (χ4n) is 2.61. The average Bonchev–Trinajstić information content (AvgIpc) is 2.39.